The van der Waals surface area contributed by atoms with E-state index in [1.165, 1.54) is 19.4 Å². The summed E-state index contributed by atoms with van der Waals surface area (Å²) in [6, 6.07) is 1.02. The molecule has 3 rings (SSSR count). The summed E-state index contributed by atoms with van der Waals surface area (Å²) in [6.45, 7) is 5.68. The molecule has 1 aromatic rings. The molecule has 0 saturated carbocycles. The monoisotopic (exact) mass is 249 g/mol. The number of aryl methyl sites for hydroxylation is 1. The molecule has 0 amide bonds. The van der Waals surface area contributed by atoms with Gasteiger partial charge in [-0.3, -0.25) is 4.90 Å². The number of likely N-dealkylation sites (tertiary alicyclic amines) is 1. The van der Waals surface area contributed by atoms with Crippen LogP contribution in [-0.4, -0.2) is 32.1 Å². The van der Waals surface area contributed by atoms with Crippen molar-refractivity contribution in [2.45, 2.75) is 64.3 Å². The van der Waals surface area contributed by atoms with Crippen LogP contribution in [-0.2, 0) is 6.42 Å². The predicted molar refractivity (Wildman–Crippen MR) is 70.2 cm³/mol. The zero-order chi connectivity index (χ0) is 12.7. The first kappa shape index (κ1) is 12.2. The molecule has 1 saturated heterocycles. The fraction of sp³-hybridized carbons (Fsp3) is 0.786. The van der Waals surface area contributed by atoms with Crippen LogP contribution in [0.4, 0.5) is 0 Å². The average molecular weight is 249 g/mol. The Kier molecular flexibility index (Phi) is 3.16. The van der Waals surface area contributed by atoms with Gasteiger partial charge in [0, 0.05) is 18.7 Å². The number of hydrogen-bond acceptors (Lipinski definition) is 3. The third-order valence-corrected chi connectivity index (χ3v) is 4.31. The molecule has 2 atom stereocenters. The van der Waals surface area contributed by atoms with Gasteiger partial charge < -0.3 is 9.67 Å². The highest BCUT2D eigenvalue weighted by Gasteiger charge is 2.31. The van der Waals surface area contributed by atoms with Crippen molar-refractivity contribution >= 4 is 0 Å². The van der Waals surface area contributed by atoms with E-state index in [0.717, 1.165) is 30.8 Å². The quantitative estimate of drug-likeness (QED) is 0.874. The fourth-order valence-electron chi connectivity index (χ4n) is 3.36. The smallest absolute Gasteiger partial charge is 0.131 e. The number of rotatable bonds is 2. The van der Waals surface area contributed by atoms with Gasteiger partial charge in [0.15, 0.2) is 0 Å². The van der Waals surface area contributed by atoms with Gasteiger partial charge in [0.1, 0.15) is 12.1 Å². The van der Waals surface area contributed by atoms with E-state index < -0.39 is 0 Å². The molecule has 2 aliphatic rings. The van der Waals surface area contributed by atoms with E-state index in [1.807, 2.05) is 4.57 Å². The Hall–Kier alpha value is -0.870. The molecular formula is C14H23N3O. The second-order valence-electron chi connectivity index (χ2n) is 5.85. The lowest BCUT2D eigenvalue weighted by Crippen LogP contribution is -2.30. The zero-order valence-corrected chi connectivity index (χ0v) is 11.3. The maximum Gasteiger partial charge on any atom is 0.131 e. The summed E-state index contributed by atoms with van der Waals surface area (Å²) in [4.78, 5) is 7.31. The van der Waals surface area contributed by atoms with Gasteiger partial charge in [-0.1, -0.05) is 0 Å². The van der Waals surface area contributed by atoms with E-state index in [2.05, 4.69) is 24.9 Å². The average Bonchev–Trinajstić information content (AvgIpc) is 2.95. The SMILES string of the molecule is CC(C)N1CCCC1c1cn2c(n1)CCCC2O. The molecule has 0 aromatic carbocycles. The van der Waals surface area contributed by atoms with E-state index in [-0.39, 0.29) is 6.23 Å². The molecule has 1 aromatic heterocycles. The lowest BCUT2D eigenvalue weighted by Gasteiger charge is -2.26. The number of hydrogen-bond donors (Lipinski definition) is 1. The largest absolute Gasteiger partial charge is 0.373 e. The summed E-state index contributed by atoms with van der Waals surface area (Å²) < 4.78 is 1.98. The van der Waals surface area contributed by atoms with Crippen molar-refractivity contribution < 1.29 is 5.11 Å². The third-order valence-electron chi connectivity index (χ3n) is 4.31. The van der Waals surface area contributed by atoms with Gasteiger partial charge in [-0.2, -0.15) is 0 Å². The van der Waals surface area contributed by atoms with Crippen LogP contribution in [0.5, 0.6) is 0 Å². The van der Waals surface area contributed by atoms with E-state index in [9.17, 15) is 5.11 Å². The standard InChI is InChI=1S/C14H23N3O/c1-10(2)16-8-4-5-12(16)11-9-17-13(15-11)6-3-7-14(17)18/h9-10,12,14,18H,3-8H2,1-2H3. The van der Waals surface area contributed by atoms with Crippen LogP contribution in [0, 0.1) is 0 Å². The van der Waals surface area contributed by atoms with Crippen LogP contribution in [0.25, 0.3) is 0 Å². The van der Waals surface area contributed by atoms with Crippen LogP contribution in [0.2, 0.25) is 0 Å². The second kappa shape index (κ2) is 4.67. The van der Waals surface area contributed by atoms with Crippen LogP contribution in [0.1, 0.15) is 63.3 Å². The molecule has 0 radical (unpaired) electrons. The lowest BCUT2D eigenvalue weighted by atomic mass is 10.1. The zero-order valence-electron chi connectivity index (χ0n) is 11.3. The molecular weight excluding hydrogens is 226 g/mol. The number of fused-ring (bicyclic) bond motifs is 1. The second-order valence-corrected chi connectivity index (χ2v) is 5.85. The highest BCUT2D eigenvalue weighted by atomic mass is 16.3. The highest BCUT2D eigenvalue weighted by molar-refractivity contribution is 5.13. The van der Waals surface area contributed by atoms with Crippen LogP contribution < -0.4 is 0 Å². The minimum Gasteiger partial charge on any atom is -0.373 e. The van der Waals surface area contributed by atoms with Gasteiger partial charge in [-0.25, -0.2) is 4.98 Å². The molecule has 1 fully saturated rings. The Morgan fingerprint density at radius 2 is 2.17 bits per heavy atom. The number of nitrogens with zero attached hydrogens (tertiary/aromatic N) is 3. The van der Waals surface area contributed by atoms with E-state index in [1.54, 1.807) is 0 Å². The summed E-state index contributed by atoms with van der Waals surface area (Å²) >= 11 is 0. The van der Waals surface area contributed by atoms with E-state index in [4.69, 9.17) is 4.98 Å². The first-order chi connectivity index (χ1) is 8.66. The molecule has 0 bridgehead atoms. The van der Waals surface area contributed by atoms with Crippen LogP contribution in [0.3, 0.4) is 0 Å². The summed E-state index contributed by atoms with van der Waals surface area (Å²) in [5.41, 5.74) is 1.16. The van der Waals surface area contributed by atoms with Gasteiger partial charge >= 0.3 is 0 Å². The van der Waals surface area contributed by atoms with E-state index in [0.29, 0.717) is 12.1 Å². The molecule has 0 aliphatic carbocycles. The molecule has 4 heteroatoms. The summed E-state index contributed by atoms with van der Waals surface area (Å²) in [5.74, 6) is 1.07. The molecule has 100 valence electrons. The van der Waals surface area contributed by atoms with Crippen molar-refractivity contribution in [2.75, 3.05) is 6.54 Å². The maximum absolute atomic E-state index is 10.0. The number of imidazole rings is 1. The molecule has 1 N–H and O–H groups in total. The maximum atomic E-state index is 10.0. The van der Waals surface area contributed by atoms with Crippen molar-refractivity contribution in [1.29, 1.82) is 0 Å². The van der Waals surface area contributed by atoms with Crippen molar-refractivity contribution in [1.82, 2.24) is 14.5 Å². The first-order valence-electron chi connectivity index (χ1n) is 7.18. The Morgan fingerprint density at radius 1 is 1.33 bits per heavy atom. The minimum atomic E-state index is -0.357. The lowest BCUT2D eigenvalue weighted by molar-refractivity contribution is 0.0779. The van der Waals surface area contributed by atoms with Gasteiger partial charge in [0.25, 0.3) is 0 Å². The van der Waals surface area contributed by atoms with Gasteiger partial charge in [0.2, 0.25) is 0 Å². The molecule has 2 unspecified atom stereocenters. The molecule has 2 aliphatic heterocycles. The Labute approximate surface area is 109 Å². The Morgan fingerprint density at radius 3 is 2.89 bits per heavy atom. The van der Waals surface area contributed by atoms with Crippen molar-refractivity contribution in [3.8, 4) is 0 Å². The van der Waals surface area contributed by atoms with Gasteiger partial charge in [-0.15, -0.1) is 0 Å². The summed E-state index contributed by atoms with van der Waals surface area (Å²) in [5, 5.41) is 10.0. The molecule has 18 heavy (non-hydrogen) atoms. The van der Waals surface area contributed by atoms with Crippen LogP contribution >= 0.6 is 0 Å². The molecule has 4 nitrogen and oxygen atoms in total. The van der Waals surface area contributed by atoms with E-state index >= 15 is 0 Å². The third kappa shape index (κ3) is 1.97. The van der Waals surface area contributed by atoms with Crippen molar-refractivity contribution in [2.24, 2.45) is 0 Å². The van der Waals surface area contributed by atoms with Crippen LogP contribution in [0.15, 0.2) is 6.20 Å². The number of aliphatic hydroxyl groups excluding tert-OH is 1. The van der Waals surface area contributed by atoms with Crippen molar-refractivity contribution in [3.05, 3.63) is 17.7 Å². The summed E-state index contributed by atoms with van der Waals surface area (Å²) in [6.07, 6.45) is 7.11. The molecule has 3 heterocycles. The van der Waals surface area contributed by atoms with Gasteiger partial charge in [-0.05, 0) is 46.1 Å². The predicted octanol–water partition coefficient (Wildman–Crippen LogP) is 2.26. The number of aromatic nitrogens is 2. The summed E-state index contributed by atoms with van der Waals surface area (Å²) in [7, 11) is 0. The van der Waals surface area contributed by atoms with Crippen molar-refractivity contribution in [3.63, 3.8) is 0 Å². The fourth-order valence-corrected chi connectivity index (χ4v) is 3.36. The Bertz CT molecular complexity index is 427. The minimum absolute atomic E-state index is 0.357. The first-order valence-corrected chi connectivity index (χ1v) is 7.18. The molecule has 0 spiro atoms. The Balaban J connectivity index is 1.88. The highest BCUT2D eigenvalue weighted by Crippen LogP contribution is 2.34. The topological polar surface area (TPSA) is 41.3 Å². The number of aliphatic hydroxyl groups is 1. The van der Waals surface area contributed by atoms with Gasteiger partial charge in [0.05, 0.1) is 11.7 Å². The normalized spacial score (nSPS) is 28.9.